The topological polar surface area (TPSA) is 78.7 Å². The van der Waals surface area contributed by atoms with Crippen LogP contribution in [0.3, 0.4) is 0 Å². The highest BCUT2D eigenvalue weighted by Crippen LogP contribution is 2.33. The molecule has 1 aliphatic heterocycles. The molecule has 1 aliphatic rings. The largest absolute Gasteiger partial charge is 0.416 e. The molecular weight excluding hydrogens is 487 g/mol. The normalized spacial score (nSPS) is 17.7. The van der Waals surface area contributed by atoms with Gasteiger partial charge in [0.1, 0.15) is 5.75 Å². The van der Waals surface area contributed by atoms with Crippen molar-refractivity contribution in [3.8, 4) is 5.75 Å². The fourth-order valence-corrected chi connectivity index (χ4v) is 4.29. The molecule has 2 atom stereocenters. The summed E-state index contributed by atoms with van der Waals surface area (Å²) in [4.78, 5) is 38.6. The molecule has 0 spiro atoms. The number of carbonyl (C=O) groups is 2. The Hall–Kier alpha value is -4.21. The summed E-state index contributed by atoms with van der Waals surface area (Å²) in [7, 11) is 1.35. The monoisotopic (exact) mass is 512 g/mol. The van der Waals surface area contributed by atoms with Gasteiger partial charge in [0, 0.05) is 52.4 Å². The maximum Gasteiger partial charge on any atom is 0.416 e. The van der Waals surface area contributed by atoms with Crippen molar-refractivity contribution in [3.05, 3.63) is 100 Å². The molecule has 3 aromatic carbocycles. The summed E-state index contributed by atoms with van der Waals surface area (Å²) in [5, 5.41) is 2.93. The molecule has 10 heteroatoms. The third-order valence-electron chi connectivity index (χ3n) is 6.19. The van der Waals surface area contributed by atoms with E-state index in [9.17, 15) is 27.7 Å². The predicted octanol–water partition coefficient (Wildman–Crippen LogP) is 5.53. The minimum absolute atomic E-state index is 0.163. The molecule has 1 fully saturated rings. The first-order valence-electron chi connectivity index (χ1n) is 11.6. The van der Waals surface area contributed by atoms with Gasteiger partial charge in [-0.2, -0.15) is 13.2 Å². The standard InChI is InChI=1S/C27H24F3N3O4/c1-32(36)23-11-13-24(14-12-23)37-26(35)33-16-20(18-7-9-21(10-8-18)27(28,29)30)15-22(17-33)31-25(34)19-5-3-2-4-6-19/h2-14,20,22H,15-17H2,1H3/p+1. The maximum atomic E-state index is 13.0. The molecule has 1 saturated heterocycles. The number of alkyl halides is 3. The average molecular weight is 513 g/mol. The number of hydrogen-bond donors (Lipinski definition) is 1. The third-order valence-corrected chi connectivity index (χ3v) is 6.19. The van der Waals surface area contributed by atoms with E-state index in [0.29, 0.717) is 28.0 Å². The molecule has 37 heavy (non-hydrogen) atoms. The van der Waals surface area contributed by atoms with Gasteiger partial charge in [0.2, 0.25) is 0 Å². The van der Waals surface area contributed by atoms with E-state index >= 15 is 0 Å². The van der Waals surface area contributed by atoms with E-state index < -0.39 is 23.9 Å². The highest BCUT2D eigenvalue weighted by Gasteiger charge is 2.34. The Labute approximate surface area is 211 Å². The van der Waals surface area contributed by atoms with Gasteiger partial charge in [-0.3, -0.25) is 4.79 Å². The number of halogens is 3. The van der Waals surface area contributed by atoms with Crippen LogP contribution in [0.15, 0.2) is 78.9 Å². The lowest BCUT2D eigenvalue weighted by atomic mass is 9.87. The second-order valence-electron chi connectivity index (χ2n) is 8.85. The molecule has 0 aliphatic carbocycles. The highest BCUT2D eigenvalue weighted by atomic mass is 19.4. The summed E-state index contributed by atoms with van der Waals surface area (Å²) < 4.78 is 45.3. The van der Waals surface area contributed by atoms with Gasteiger partial charge in [-0.05, 0) is 48.4 Å². The number of carbonyl (C=O) groups excluding carboxylic acids is 2. The predicted molar refractivity (Wildman–Crippen MR) is 130 cm³/mol. The summed E-state index contributed by atoms with van der Waals surface area (Å²) in [6.07, 6.45) is -4.69. The van der Waals surface area contributed by atoms with Gasteiger partial charge in [-0.25, -0.2) is 4.79 Å². The molecule has 3 aromatic rings. The minimum atomic E-state index is -4.45. The molecule has 1 N–H and O–H groups in total. The van der Waals surface area contributed by atoms with Crippen molar-refractivity contribution in [3.63, 3.8) is 0 Å². The lowest BCUT2D eigenvalue weighted by Gasteiger charge is -2.37. The van der Waals surface area contributed by atoms with E-state index in [-0.39, 0.29) is 30.7 Å². The quantitative estimate of drug-likeness (QED) is 0.456. The van der Waals surface area contributed by atoms with Gasteiger partial charge in [0.25, 0.3) is 11.6 Å². The van der Waals surface area contributed by atoms with Crippen LogP contribution in [0.4, 0.5) is 23.7 Å². The first-order valence-corrected chi connectivity index (χ1v) is 11.6. The smallest absolute Gasteiger partial charge is 0.410 e. The van der Waals surface area contributed by atoms with Crippen LogP contribution < -0.4 is 10.1 Å². The van der Waals surface area contributed by atoms with E-state index in [1.807, 2.05) is 0 Å². The zero-order valence-electron chi connectivity index (χ0n) is 19.9. The molecule has 2 amide bonds. The number of nitroso groups, excluding NO2 is 1. The van der Waals surface area contributed by atoms with Gasteiger partial charge >= 0.3 is 12.3 Å². The van der Waals surface area contributed by atoms with Crippen molar-refractivity contribution in [1.29, 1.82) is 0 Å². The van der Waals surface area contributed by atoms with Crippen molar-refractivity contribution in [2.24, 2.45) is 0 Å². The number of amides is 2. The van der Waals surface area contributed by atoms with Gasteiger partial charge in [0.05, 0.1) is 5.56 Å². The SMILES string of the molecule is C[N+](=O)c1ccc(OC(=O)N2CC(NC(=O)c3ccccc3)CC(c3ccc(C(F)(F)F)cc3)C2)cc1. The first kappa shape index (κ1) is 25.9. The second kappa shape index (κ2) is 10.8. The zero-order valence-corrected chi connectivity index (χ0v) is 19.9. The molecule has 7 nitrogen and oxygen atoms in total. The number of benzene rings is 3. The molecule has 1 heterocycles. The second-order valence-corrected chi connectivity index (χ2v) is 8.85. The molecular formula is C27H25F3N3O4+. The number of likely N-dealkylation sites (tertiary alicyclic amines) is 1. The molecule has 0 bridgehead atoms. The van der Waals surface area contributed by atoms with Crippen LogP contribution >= 0.6 is 0 Å². The number of nitrogens with zero attached hydrogens (tertiary/aromatic N) is 2. The van der Waals surface area contributed by atoms with Gasteiger partial charge in [-0.1, -0.05) is 30.3 Å². The van der Waals surface area contributed by atoms with Crippen LogP contribution in [-0.4, -0.2) is 47.8 Å². The van der Waals surface area contributed by atoms with Crippen molar-refractivity contribution in [2.45, 2.75) is 24.6 Å². The third kappa shape index (κ3) is 6.52. The molecule has 0 radical (unpaired) electrons. The van der Waals surface area contributed by atoms with E-state index in [4.69, 9.17) is 4.74 Å². The Kier molecular flexibility index (Phi) is 7.56. The van der Waals surface area contributed by atoms with Crippen LogP contribution in [0.1, 0.15) is 33.8 Å². The van der Waals surface area contributed by atoms with Crippen molar-refractivity contribution in [2.75, 3.05) is 20.1 Å². The summed E-state index contributed by atoms with van der Waals surface area (Å²) in [6, 6.07) is 19.0. The Balaban J connectivity index is 1.53. The lowest BCUT2D eigenvalue weighted by molar-refractivity contribution is -0.428. The number of ether oxygens (including phenoxy) is 1. The number of piperidine rings is 1. The number of nitrogens with one attached hydrogen (secondary N) is 1. The van der Waals surface area contributed by atoms with E-state index in [1.165, 1.54) is 48.3 Å². The molecule has 0 saturated carbocycles. The van der Waals surface area contributed by atoms with Crippen LogP contribution in [-0.2, 0) is 6.18 Å². The van der Waals surface area contributed by atoms with Crippen LogP contribution in [0.2, 0.25) is 0 Å². The van der Waals surface area contributed by atoms with Crippen LogP contribution in [0.5, 0.6) is 5.75 Å². The molecule has 4 rings (SSSR count). The lowest BCUT2D eigenvalue weighted by Crippen LogP contribution is -2.52. The molecule has 0 aromatic heterocycles. The molecule has 2 unspecified atom stereocenters. The summed E-state index contributed by atoms with van der Waals surface area (Å²) >= 11 is 0. The fourth-order valence-electron chi connectivity index (χ4n) is 4.29. The van der Waals surface area contributed by atoms with Gasteiger partial charge < -0.3 is 15.0 Å². The van der Waals surface area contributed by atoms with Crippen molar-refractivity contribution in [1.82, 2.24) is 10.2 Å². The Morgan fingerprint density at radius 3 is 2.19 bits per heavy atom. The Bertz CT molecular complexity index is 1260. The van der Waals surface area contributed by atoms with E-state index in [2.05, 4.69) is 5.32 Å². The summed E-state index contributed by atoms with van der Waals surface area (Å²) in [5.74, 6) is -0.414. The minimum Gasteiger partial charge on any atom is -0.410 e. The average Bonchev–Trinajstić information content (AvgIpc) is 2.89. The van der Waals surface area contributed by atoms with Gasteiger partial charge in [0.15, 0.2) is 7.05 Å². The summed E-state index contributed by atoms with van der Waals surface area (Å²) in [6.45, 7) is 0.360. The van der Waals surface area contributed by atoms with E-state index in [1.54, 1.807) is 30.3 Å². The van der Waals surface area contributed by atoms with Gasteiger partial charge in [-0.15, -0.1) is 0 Å². The molecule has 192 valence electrons. The Morgan fingerprint density at radius 2 is 1.59 bits per heavy atom. The van der Waals surface area contributed by atoms with Crippen molar-refractivity contribution >= 4 is 17.7 Å². The first-order chi connectivity index (χ1) is 17.6. The Morgan fingerprint density at radius 1 is 0.946 bits per heavy atom. The van der Waals surface area contributed by atoms with Crippen molar-refractivity contribution < 1.29 is 32.3 Å². The highest BCUT2D eigenvalue weighted by molar-refractivity contribution is 5.94. The zero-order chi connectivity index (χ0) is 26.6. The fraction of sp³-hybridized carbons (Fsp3) is 0.259. The number of hydrogen-bond acceptors (Lipinski definition) is 4. The maximum absolute atomic E-state index is 13.0. The van der Waals surface area contributed by atoms with Crippen LogP contribution in [0.25, 0.3) is 0 Å². The summed E-state index contributed by atoms with van der Waals surface area (Å²) in [5.41, 5.74) is 0.706. The number of rotatable bonds is 5. The van der Waals surface area contributed by atoms with Crippen LogP contribution in [0, 0.1) is 4.91 Å². The van der Waals surface area contributed by atoms with E-state index in [0.717, 1.165) is 12.1 Å².